The molecule has 0 saturated carbocycles. The maximum absolute atomic E-state index is 10.3. The van der Waals surface area contributed by atoms with Gasteiger partial charge in [-0.1, -0.05) is 12.2 Å². The van der Waals surface area contributed by atoms with E-state index in [-0.39, 0.29) is 0 Å². The lowest BCUT2D eigenvalue weighted by molar-refractivity contribution is 0.396. The summed E-state index contributed by atoms with van der Waals surface area (Å²) in [6.45, 7) is 0.581. The SMILES string of the molecule is O=S(=O)(O)N1CC=CC1. The Morgan fingerprint density at radius 2 is 1.78 bits per heavy atom. The normalized spacial score (nSPS) is 21.0. The fourth-order valence-electron chi connectivity index (χ4n) is 0.647. The Hall–Kier alpha value is -0.390. The molecule has 1 aliphatic rings. The van der Waals surface area contributed by atoms with Crippen LogP contribution in [0.5, 0.6) is 0 Å². The van der Waals surface area contributed by atoms with Crippen LogP contribution in [0.25, 0.3) is 0 Å². The molecule has 9 heavy (non-hydrogen) atoms. The average molecular weight is 149 g/mol. The average Bonchev–Trinajstić information content (AvgIpc) is 2.08. The zero-order chi connectivity index (χ0) is 6.91. The summed E-state index contributed by atoms with van der Waals surface area (Å²) >= 11 is 0. The first-order chi connectivity index (χ1) is 4.11. The third-order valence-corrected chi connectivity index (χ3v) is 2.06. The molecule has 5 heteroatoms. The second-order valence-electron chi connectivity index (χ2n) is 1.77. The van der Waals surface area contributed by atoms with E-state index in [1.165, 1.54) is 0 Å². The van der Waals surface area contributed by atoms with Gasteiger partial charge >= 0.3 is 10.3 Å². The monoisotopic (exact) mass is 149 g/mol. The fourth-order valence-corrected chi connectivity index (χ4v) is 1.20. The highest BCUT2D eigenvalue weighted by atomic mass is 32.2. The van der Waals surface area contributed by atoms with Crippen molar-refractivity contribution in [1.29, 1.82) is 0 Å². The van der Waals surface area contributed by atoms with Crippen molar-refractivity contribution in [2.45, 2.75) is 0 Å². The summed E-state index contributed by atoms with van der Waals surface area (Å²) in [6.07, 6.45) is 3.38. The minimum absolute atomic E-state index is 0.291. The van der Waals surface area contributed by atoms with Crippen molar-refractivity contribution in [2.75, 3.05) is 13.1 Å². The molecule has 52 valence electrons. The molecule has 0 aromatic carbocycles. The molecule has 0 aromatic heterocycles. The second kappa shape index (κ2) is 2.09. The first-order valence-corrected chi connectivity index (χ1v) is 3.88. The molecule has 0 saturated heterocycles. The van der Waals surface area contributed by atoms with E-state index >= 15 is 0 Å². The minimum Gasteiger partial charge on any atom is -0.273 e. The van der Waals surface area contributed by atoms with Gasteiger partial charge in [-0.15, -0.1) is 0 Å². The topological polar surface area (TPSA) is 57.6 Å². The van der Waals surface area contributed by atoms with Crippen LogP contribution in [-0.2, 0) is 10.3 Å². The summed E-state index contributed by atoms with van der Waals surface area (Å²) in [5, 5.41) is 0. The third-order valence-electron chi connectivity index (χ3n) is 1.11. The Labute approximate surface area is 53.7 Å². The van der Waals surface area contributed by atoms with Crippen LogP contribution in [0.1, 0.15) is 0 Å². The van der Waals surface area contributed by atoms with Gasteiger partial charge in [0, 0.05) is 13.1 Å². The van der Waals surface area contributed by atoms with Crippen LogP contribution >= 0.6 is 0 Å². The Kier molecular flexibility index (Phi) is 1.56. The second-order valence-corrected chi connectivity index (χ2v) is 3.18. The Morgan fingerprint density at radius 3 is 2.00 bits per heavy atom. The van der Waals surface area contributed by atoms with Crippen LogP contribution in [0.2, 0.25) is 0 Å². The van der Waals surface area contributed by atoms with E-state index in [1.54, 1.807) is 12.2 Å². The van der Waals surface area contributed by atoms with Gasteiger partial charge in [0.05, 0.1) is 0 Å². The van der Waals surface area contributed by atoms with E-state index in [1.807, 2.05) is 0 Å². The zero-order valence-electron chi connectivity index (χ0n) is 4.69. The fraction of sp³-hybridized carbons (Fsp3) is 0.500. The molecule has 0 aromatic rings. The molecule has 0 amide bonds. The standard InChI is InChI=1S/C4H7NO3S/c6-9(7,8)5-3-1-2-4-5/h1-2H,3-4H2,(H,6,7,8). The van der Waals surface area contributed by atoms with Crippen molar-refractivity contribution in [3.63, 3.8) is 0 Å². The van der Waals surface area contributed by atoms with Crippen LogP contribution in [0.4, 0.5) is 0 Å². The highest BCUT2D eigenvalue weighted by molar-refractivity contribution is 7.83. The van der Waals surface area contributed by atoms with Crippen LogP contribution < -0.4 is 0 Å². The summed E-state index contributed by atoms with van der Waals surface area (Å²) in [4.78, 5) is 0. The largest absolute Gasteiger partial charge is 0.336 e. The predicted molar refractivity (Wildman–Crippen MR) is 32.3 cm³/mol. The summed E-state index contributed by atoms with van der Waals surface area (Å²) in [5.74, 6) is 0. The molecule has 0 spiro atoms. The van der Waals surface area contributed by atoms with Gasteiger partial charge in [-0.2, -0.15) is 12.7 Å². The molecule has 0 unspecified atom stereocenters. The summed E-state index contributed by atoms with van der Waals surface area (Å²) in [5.41, 5.74) is 0. The van der Waals surface area contributed by atoms with Crippen molar-refractivity contribution in [3.05, 3.63) is 12.2 Å². The molecular weight excluding hydrogens is 142 g/mol. The van der Waals surface area contributed by atoms with Crippen LogP contribution in [0.3, 0.4) is 0 Å². The van der Waals surface area contributed by atoms with Crippen LogP contribution in [0.15, 0.2) is 12.2 Å². The molecule has 1 heterocycles. The molecule has 0 bridgehead atoms. The zero-order valence-corrected chi connectivity index (χ0v) is 5.50. The number of rotatable bonds is 1. The van der Waals surface area contributed by atoms with Crippen molar-refractivity contribution < 1.29 is 13.0 Å². The van der Waals surface area contributed by atoms with Gasteiger partial charge in [-0.05, 0) is 0 Å². The minimum atomic E-state index is -3.93. The van der Waals surface area contributed by atoms with Crippen molar-refractivity contribution in [1.82, 2.24) is 4.31 Å². The van der Waals surface area contributed by atoms with Crippen LogP contribution in [0, 0.1) is 0 Å². The highest BCUT2D eigenvalue weighted by Gasteiger charge is 2.18. The predicted octanol–water partition coefficient (Wildman–Crippen LogP) is -0.339. The van der Waals surface area contributed by atoms with Gasteiger partial charge < -0.3 is 0 Å². The number of nitrogens with zero attached hydrogens (tertiary/aromatic N) is 1. The lowest BCUT2D eigenvalue weighted by Crippen LogP contribution is -2.27. The summed E-state index contributed by atoms with van der Waals surface area (Å²) in [7, 11) is -3.93. The first-order valence-electron chi connectivity index (χ1n) is 2.48. The molecule has 0 fully saturated rings. The molecule has 1 rings (SSSR count). The summed E-state index contributed by atoms with van der Waals surface area (Å²) in [6, 6.07) is 0. The lowest BCUT2D eigenvalue weighted by atomic mass is 10.6. The molecule has 0 radical (unpaired) electrons. The van der Waals surface area contributed by atoms with E-state index in [0.717, 1.165) is 4.31 Å². The van der Waals surface area contributed by atoms with E-state index in [9.17, 15) is 8.42 Å². The van der Waals surface area contributed by atoms with Gasteiger partial charge in [0.25, 0.3) is 0 Å². The van der Waals surface area contributed by atoms with E-state index < -0.39 is 10.3 Å². The lowest BCUT2D eigenvalue weighted by Gasteiger charge is -2.07. The highest BCUT2D eigenvalue weighted by Crippen LogP contribution is 2.02. The van der Waals surface area contributed by atoms with Crippen molar-refractivity contribution in [2.24, 2.45) is 0 Å². The van der Waals surface area contributed by atoms with E-state index in [0.29, 0.717) is 13.1 Å². The first kappa shape index (κ1) is 6.73. The number of hydrogen-bond donors (Lipinski definition) is 1. The third kappa shape index (κ3) is 1.51. The Bertz CT molecular complexity index is 210. The molecule has 1 aliphatic heterocycles. The quantitative estimate of drug-likeness (QED) is 0.410. The van der Waals surface area contributed by atoms with E-state index in [2.05, 4.69) is 0 Å². The van der Waals surface area contributed by atoms with Gasteiger partial charge in [0.1, 0.15) is 0 Å². The summed E-state index contributed by atoms with van der Waals surface area (Å²) < 4.78 is 29.9. The van der Waals surface area contributed by atoms with Crippen LogP contribution in [-0.4, -0.2) is 30.4 Å². The maximum atomic E-state index is 10.3. The van der Waals surface area contributed by atoms with Gasteiger partial charge in [-0.3, -0.25) is 4.55 Å². The Balaban J connectivity index is 2.68. The van der Waals surface area contributed by atoms with Gasteiger partial charge in [0.15, 0.2) is 0 Å². The molecule has 0 atom stereocenters. The molecule has 1 N–H and O–H groups in total. The smallest absolute Gasteiger partial charge is 0.273 e. The Morgan fingerprint density at radius 1 is 1.33 bits per heavy atom. The van der Waals surface area contributed by atoms with Crippen molar-refractivity contribution in [3.8, 4) is 0 Å². The van der Waals surface area contributed by atoms with Crippen molar-refractivity contribution >= 4 is 10.3 Å². The molecule has 0 aliphatic carbocycles. The number of hydrogen-bond acceptors (Lipinski definition) is 2. The van der Waals surface area contributed by atoms with Gasteiger partial charge in [-0.25, -0.2) is 0 Å². The van der Waals surface area contributed by atoms with Gasteiger partial charge in [0.2, 0.25) is 0 Å². The van der Waals surface area contributed by atoms with E-state index in [4.69, 9.17) is 4.55 Å². The molecule has 4 nitrogen and oxygen atoms in total. The maximum Gasteiger partial charge on any atom is 0.336 e. The molecular formula is C4H7NO3S.